The Balaban J connectivity index is 1.47. The Morgan fingerprint density at radius 1 is 1.11 bits per heavy atom. The Kier molecular flexibility index (Phi) is 7.83. The van der Waals surface area contributed by atoms with Gasteiger partial charge in [-0.05, 0) is 49.6 Å². The summed E-state index contributed by atoms with van der Waals surface area (Å²) in [5, 5.41) is 5.42. The van der Waals surface area contributed by atoms with Crippen molar-refractivity contribution in [2.75, 3.05) is 25.5 Å². The zero-order chi connectivity index (χ0) is 25.8. The van der Waals surface area contributed by atoms with Gasteiger partial charge >= 0.3 is 0 Å². The van der Waals surface area contributed by atoms with Crippen molar-refractivity contribution in [2.45, 2.75) is 50.9 Å². The van der Waals surface area contributed by atoms with Gasteiger partial charge in [0.2, 0.25) is 5.91 Å². The number of halogens is 2. The fourth-order valence-electron chi connectivity index (χ4n) is 4.54. The summed E-state index contributed by atoms with van der Waals surface area (Å²) in [5.74, 6) is -2.48. The van der Waals surface area contributed by atoms with Gasteiger partial charge in [0.05, 0.1) is 24.1 Å². The van der Waals surface area contributed by atoms with Crippen molar-refractivity contribution in [1.29, 1.82) is 0 Å². The molecular formula is C26H29F2N3O5. The number of fused-ring (bicyclic) bond motifs is 2. The van der Waals surface area contributed by atoms with Crippen LogP contribution in [0.1, 0.15) is 53.3 Å². The van der Waals surface area contributed by atoms with E-state index in [-0.39, 0.29) is 53.8 Å². The summed E-state index contributed by atoms with van der Waals surface area (Å²) in [5.41, 5.74) is 0.350. The second kappa shape index (κ2) is 11.0. The summed E-state index contributed by atoms with van der Waals surface area (Å²) >= 11 is 0. The van der Waals surface area contributed by atoms with E-state index in [1.165, 1.54) is 6.07 Å². The number of nitrogens with zero attached hydrogens (tertiary/aromatic N) is 1. The van der Waals surface area contributed by atoms with Crippen LogP contribution < -0.4 is 15.4 Å². The number of carbonyl (C=O) groups excluding carboxylic acids is 3. The Hall–Kier alpha value is -3.53. The first-order valence-corrected chi connectivity index (χ1v) is 12.0. The van der Waals surface area contributed by atoms with Crippen molar-refractivity contribution in [3.63, 3.8) is 0 Å². The molecule has 10 heteroatoms. The number of anilines is 1. The molecule has 1 saturated heterocycles. The van der Waals surface area contributed by atoms with Crippen molar-refractivity contribution in [2.24, 2.45) is 0 Å². The number of hydrogen-bond donors (Lipinski definition) is 2. The minimum atomic E-state index is -0.864. The monoisotopic (exact) mass is 501 g/mol. The van der Waals surface area contributed by atoms with E-state index >= 15 is 0 Å². The van der Waals surface area contributed by atoms with Crippen LogP contribution in [0.25, 0.3) is 0 Å². The molecule has 36 heavy (non-hydrogen) atoms. The number of nitrogens with one attached hydrogen (secondary N) is 2. The summed E-state index contributed by atoms with van der Waals surface area (Å²) in [6.45, 7) is 2.80. The molecule has 4 rings (SSSR count). The first-order chi connectivity index (χ1) is 17.2. The van der Waals surface area contributed by atoms with Gasteiger partial charge in [-0.2, -0.15) is 0 Å². The Bertz CT molecular complexity index is 1140. The number of rotatable bonds is 6. The Labute approximate surface area is 207 Å². The molecule has 192 valence electrons. The Morgan fingerprint density at radius 2 is 1.86 bits per heavy atom. The Morgan fingerprint density at radius 3 is 2.58 bits per heavy atom. The number of hydrogen-bond acceptors (Lipinski definition) is 5. The molecule has 2 aliphatic heterocycles. The third kappa shape index (κ3) is 5.81. The maximum Gasteiger partial charge on any atom is 0.257 e. The van der Waals surface area contributed by atoms with Crippen LogP contribution in [0.3, 0.4) is 0 Å². The average Bonchev–Trinajstić information content (AvgIpc) is 2.84. The van der Waals surface area contributed by atoms with Crippen molar-refractivity contribution < 1.29 is 32.6 Å². The minimum absolute atomic E-state index is 0.0580. The van der Waals surface area contributed by atoms with Crippen LogP contribution in [0.4, 0.5) is 14.5 Å². The van der Waals surface area contributed by atoms with Gasteiger partial charge in [0.15, 0.2) is 0 Å². The number of amides is 3. The highest BCUT2D eigenvalue weighted by Gasteiger charge is 2.39. The molecule has 2 aromatic rings. The highest BCUT2D eigenvalue weighted by atomic mass is 19.1. The topological polar surface area (TPSA) is 97.0 Å². The van der Waals surface area contributed by atoms with Gasteiger partial charge in [0.25, 0.3) is 11.8 Å². The molecule has 0 unspecified atom stereocenters. The second-order valence-electron chi connectivity index (χ2n) is 9.05. The maximum absolute atomic E-state index is 13.5. The number of ether oxygens (including phenoxy) is 2. The summed E-state index contributed by atoms with van der Waals surface area (Å²) in [6, 6.07) is 6.87. The van der Waals surface area contributed by atoms with E-state index in [1.54, 1.807) is 24.1 Å². The fraction of sp³-hybridized carbons (Fsp3) is 0.423. The molecule has 0 radical (unpaired) electrons. The molecule has 2 aliphatic rings. The van der Waals surface area contributed by atoms with E-state index in [4.69, 9.17) is 9.47 Å². The smallest absolute Gasteiger partial charge is 0.257 e. The van der Waals surface area contributed by atoms with Gasteiger partial charge in [-0.25, -0.2) is 8.78 Å². The number of likely N-dealkylation sites (N-methyl/N-ethyl adjacent to an activating group) is 1. The zero-order valence-electron chi connectivity index (χ0n) is 20.2. The molecule has 0 aromatic heterocycles. The van der Waals surface area contributed by atoms with E-state index in [2.05, 4.69) is 10.6 Å². The van der Waals surface area contributed by atoms with E-state index < -0.39 is 23.6 Å². The summed E-state index contributed by atoms with van der Waals surface area (Å²) in [6.07, 6.45) is 1.75. The van der Waals surface area contributed by atoms with Crippen molar-refractivity contribution in [3.05, 3.63) is 59.2 Å². The van der Waals surface area contributed by atoms with E-state index in [0.717, 1.165) is 18.6 Å². The molecule has 3 amide bonds. The predicted molar refractivity (Wildman–Crippen MR) is 128 cm³/mol. The standard InChI is InChI=1S/C26H29F2N3O5/c1-3-8-29-24(32)13-19-5-6-21-23(36-19)14-35-22-7-4-18(12-20(22)26(34)31(21)2)30-25(33)15-9-16(27)11-17(28)10-15/h4,7,9-12,19,21,23H,3,5-6,8,13-14H2,1-2H3,(H,29,32)(H,30,33)/t19-,21+,23-/m1/s1. The molecule has 0 bridgehead atoms. The summed E-state index contributed by atoms with van der Waals surface area (Å²) < 4.78 is 39.1. The lowest BCUT2D eigenvalue weighted by Gasteiger charge is -2.42. The van der Waals surface area contributed by atoms with Gasteiger partial charge in [0.1, 0.15) is 30.1 Å². The minimum Gasteiger partial charge on any atom is -0.490 e. The molecule has 2 N–H and O–H groups in total. The lowest BCUT2D eigenvalue weighted by atomic mass is 9.94. The molecule has 2 heterocycles. The van der Waals surface area contributed by atoms with Crippen LogP contribution in [-0.4, -0.2) is 61.1 Å². The lowest BCUT2D eigenvalue weighted by molar-refractivity contribution is -0.134. The van der Waals surface area contributed by atoms with Gasteiger partial charge < -0.3 is 25.0 Å². The average molecular weight is 502 g/mol. The van der Waals surface area contributed by atoms with E-state index in [0.29, 0.717) is 31.2 Å². The van der Waals surface area contributed by atoms with Crippen LogP contribution in [0, 0.1) is 11.6 Å². The van der Waals surface area contributed by atoms with Crippen LogP contribution >= 0.6 is 0 Å². The first kappa shape index (κ1) is 25.6. The molecular weight excluding hydrogens is 472 g/mol. The fourth-order valence-corrected chi connectivity index (χ4v) is 4.54. The number of carbonyl (C=O) groups is 3. The first-order valence-electron chi connectivity index (χ1n) is 12.0. The van der Waals surface area contributed by atoms with Crippen molar-refractivity contribution in [1.82, 2.24) is 10.2 Å². The number of benzene rings is 2. The zero-order valence-corrected chi connectivity index (χ0v) is 20.2. The SMILES string of the molecule is CCCNC(=O)C[C@H]1CC[C@H]2[C@@H](COc3ccc(NC(=O)c4cc(F)cc(F)c4)cc3C(=O)N2C)O1. The predicted octanol–water partition coefficient (Wildman–Crippen LogP) is 3.51. The largest absolute Gasteiger partial charge is 0.490 e. The summed E-state index contributed by atoms with van der Waals surface area (Å²) in [4.78, 5) is 39.5. The molecule has 0 spiro atoms. The van der Waals surface area contributed by atoms with Crippen LogP contribution in [0.5, 0.6) is 5.75 Å². The lowest BCUT2D eigenvalue weighted by Crippen LogP contribution is -2.54. The van der Waals surface area contributed by atoms with Crippen molar-refractivity contribution >= 4 is 23.4 Å². The molecule has 3 atom stereocenters. The van der Waals surface area contributed by atoms with Crippen LogP contribution in [0.15, 0.2) is 36.4 Å². The van der Waals surface area contributed by atoms with Crippen LogP contribution in [-0.2, 0) is 9.53 Å². The highest BCUT2D eigenvalue weighted by molar-refractivity contribution is 6.05. The quantitative estimate of drug-likeness (QED) is 0.632. The molecule has 0 aliphatic carbocycles. The molecule has 0 saturated carbocycles. The van der Waals surface area contributed by atoms with Gasteiger partial charge in [-0.1, -0.05) is 6.92 Å². The molecule has 2 aromatic carbocycles. The van der Waals surface area contributed by atoms with E-state index in [9.17, 15) is 23.2 Å². The van der Waals surface area contributed by atoms with Gasteiger partial charge in [0, 0.05) is 30.9 Å². The van der Waals surface area contributed by atoms with Gasteiger partial charge in [-0.15, -0.1) is 0 Å². The van der Waals surface area contributed by atoms with E-state index in [1.807, 2.05) is 6.92 Å². The van der Waals surface area contributed by atoms with Crippen LogP contribution in [0.2, 0.25) is 0 Å². The third-order valence-corrected chi connectivity index (χ3v) is 6.38. The molecule has 8 nitrogen and oxygen atoms in total. The highest BCUT2D eigenvalue weighted by Crippen LogP contribution is 2.32. The van der Waals surface area contributed by atoms with Crippen molar-refractivity contribution in [3.8, 4) is 5.75 Å². The second-order valence-corrected chi connectivity index (χ2v) is 9.05. The molecule has 1 fully saturated rings. The normalized spacial score (nSPS) is 21.4. The maximum atomic E-state index is 13.5. The van der Waals surface area contributed by atoms with Gasteiger partial charge in [-0.3, -0.25) is 14.4 Å². The summed E-state index contributed by atoms with van der Waals surface area (Å²) in [7, 11) is 1.69. The third-order valence-electron chi connectivity index (χ3n) is 6.38.